The molecular formula is C34H28N4O4S. The van der Waals surface area contributed by atoms with Gasteiger partial charge in [-0.1, -0.05) is 78.0 Å². The van der Waals surface area contributed by atoms with Gasteiger partial charge in [-0.3, -0.25) is 14.4 Å². The van der Waals surface area contributed by atoms with E-state index in [2.05, 4.69) is 21.1 Å². The molecule has 0 saturated heterocycles. The summed E-state index contributed by atoms with van der Waals surface area (Å²) in [7, 11) is 0. The lowest BCUT2D eigenvalue weighted by molar-refractivity contribution is -0.114. The number of hydrogen-bond donors (Lipinski definition) is 3. The second kappa shape index (κ2) is 14.0. The summed E-state index contributed by atoms with van der Waals surface area (Å²) in [6.45, 7) is 1.75. The van der Waals surface area contributed by atoms with E-state index in [4.69, 9.17) is 4.52 Å². The van der Waals surface area contributed by atoms with Crippen molar-refractivity contribution in [3.63, 3.8) is 0 Å². The third-order valence-electron chi connectivity index (χ3n) is 6.24. The van der Waals surface area contributed by atoms with Gasteiger partial charge >= 0.3 is 0 Å². The molecule has 0 atom stereocenters. The molecule has 5 rings (SSSR count). The molecule has 0 spiro atoms. The summed E-state index contributed by atoms with van der Waals surface area (Å²) in [6, 6.07) is 35.2. The molecule has 0 saturated carbocycles. The first-order chi connectivity index (χ1) is 20.9. The van der Waals surface area contributed by atoms with E-state index < -0.39 is 11.8 Å². The third-order valence-corrected chi connectivity index (χ3v) is 7.25. The summed E-state index contributed by atoms with van der Waals surface area (Å²) in [6.07, 6.45) is 1.64. The van der Waals surface area contributed by atoms with E-state index in [0.29, 0.717) is 22.8 Å². The number of nitrogens with zero attached hydrogens (tertiary/aromatic N) is 1. The molecular weight excluding hydrogens is 560 g/mol. The van der Waals surface area contributed by atoms with Gasteiger partial charge in [0.1, 0.15) is 11.5 Å². The van der Waals surface area contributed by atoms with Crippen LogP contribution >= 0.6 is 11.8 Å². The number of hydrogen-bond acceptors (Lipinski definition) is 6. The van der Waals surface area contributed by atoms with Gasteiger partial charge in [0.15, 0.2) is 5.82 Å². The van der Waals surface area contributed by atoms with Gasteiger partial charge < -0.3 is 20.5 Å². The molecule has 1 heterocycles. The number of anilines is 2. The van der Waals surface area contributed by atoms with Crippen molar-refractivity contribution in [1.29, 1.82) is 0 Å². The van der Waals surface area contributed by atoms with Crippen LogP contribution in [-0.4, -0.2) is 28.6 Å². The number of carbonyl (C=O) groups excluding carboxylic acids is 3. The molecule has 0 aliphatic carbocycles. The highest BCUT2D eigenvalue weighted by atomic mass is 32.2. The van der Waals surface area contributed by atoms with E-state index in [1.807, 2.05) is 72.8 Å². The highest BCUT2D eigenvalue weighted by Gasteiger charge is 2.15. The molecule has 8 nitrogen and oxygen atoms in total. The second-order valence-electron chi connectivity index (χ2n) is 9.50. The van der Waals surface area contributed by atoms with Crippen molar-refractivity contribution in [2.75, 3.05) is 16.4 Å². The summed E-state index contributed by atoms with van der Waals surface area (Å²) in [4.78, 5) is 39.4. The molecule has 9 heteroatoms. The molecule has 4 aromatic carbocycles. The highest BCUT2D eigenvalue weighted by molar-refractivity contribution is 8.00. The van der Waals surface area contributed by atoms with Crippen LogP contribution in [0.5, 0.6) is 0 Å². The van der Waals surface area contributed by atoms with E-state index in [9.17, 15) is 14.4 Å². The number of nitrogens with one attached hydrogen (secondary N) is 3. The van der Waals surface area contributed by atoms with Gasteiger partial charge in [0.25, 0.3) is 11.8 Å². The quantitative estimate of drug-likeness (QED) is 0.122. The Balaban J connectivity index is 1.27. The fourth-order valence-electron chi connectivity index (χ4n) is 4.10. The largest absolute Gasteiger partial charge is 0.360 e. The van der Waals surface area contributed by atoms with E-state index in [-0.39, 0.29) is 17.4 Å². The SMILES string of the molecule is Cc1cc(NC(=O)CSc2ccc(NC(=O)/C(=C/c3ccc(-c4ccccc4)cc3)NC(=O)c3ccccc3)cc2)no1. The lowest BCUT2D eigenvalue weighted by Gasteiger charge is -2.12. The fraction of sp³-hybridized carbons (Fsp3) is 0.0588. The molecule has 0 bridgehead atoms. The number of carbonyl (C=O) groups is 3. The van der Waals surface area contributed by atoms with Crippen LogP contribution in [-0.2, 0) is 9.59 Å². The summed E-state index contributed by atoms with van der Waals surface area (Å²) >= 11 is 1.34. The smallest absolute Gasteiger partial charge is 0.272 e. The van der Waals surface area contributed by atoms with Crippen molar-refractivity contribution in [3.8, 4) is 11.1 Å². The van der Waals surface area contributed by atoms with Gasteiger partial charge in [-0.15, -0.1) is 11.8 Å². The molecule has 5 aromatic rings. The molecule has 0 radical (unpaired) electrons. The van der Waals surface area contributed by atoms with Gasteiger partial charge in [0.2, 0.25) is 5.91 Å². The van der Waals surface area contributed by atoms with Crippen molar-refractivity contribution >= 4 is 47.1 Å². The molecule has 0 unspecified atom stereocenters. The normalized spacial score (nSPS) is 11.0. The maximum atomic E-state index is 13.4. The molecule has 0 aliphatic rings. The minimum Gasteiger partial charge on any atom is -0.360 e. The molecule has 0 aliphatic heterocycles. The molecule has 1 aromatic heterocycles. The Morgan fingerprint density at radius 1 is 0.791 bits per heavy atom. The maximum Gasteiger partial charge on any atom is 0.272 e. The van der Waals surface area contributed by atoms with Crippen LogP contribution in [0.1, 0.15) is 21.7 Å². The fourth-order valence-corrected chi connectivity index (χ4v) is 4.80. The maximum absolute atomic E-state index is 13.4. The Bertz CT molecular complexity index is 1730. The average Bonchev–Trinajstić information content (AvgIpc) is 3.45. The summed E-state index contributed by atoms with van der Waals surface area (Å²) in [5.41, 5.74) is 3.95. The molecule has 43 heavy (non-hydrogen) atoms. The lowest BCUT2D eigenvalue weighted by atomic mass is 10.0. The minimum atomic E-state index is -0.473. The number of aryl methyl sites for hydroxylation is 1. The molecule has 3 N–H and O–H groups in total. The zero-order valence-electron chi connectivity index (χ0n) is 23.2. The number of amides is 3. The summed E-state index contributed by atoms with van der Waals surface area (Å²) in [5.74, 6) is 0.0824. The van der Waals surface area contributed by atoms with Crippen LogP contribution in [0.15, 0.2) is 130 Å². The predicted octanol–water partition coefficient (Wildman–Crippen LogP) is 6.79. The van der Waals surface area contributed by atoms with E-state index in [1.54, 1.807) is 55.5 Å². The standard InChI is InChI=1S/C34H28N4O4S/c1-23-20-31(38-42-23)37-32(39)22-43-29-18-16-28(17-19-29)35-34(41)30(36-33(40)27-10-6-3-7-11-27)21-24-12-14-26(15-13-24)25-8-4-2-5-9-25/h2-21H,22H2,1H3,(H,35,41)(H,36,40)(H,37,38,39)/b30-21-. The van der Waals surface area contributed by atoms with Crippen molar-refractivity contribution in [3.05, 3.63) is 138 Å². The Morgan fingerprint density at radius 3 is 2.09 bits per heavy atom. The van der Waals surface area contributed by atoms with Crippen LogP contribution in [0.4, 0.5) is 11.5 Å². The zero-order valence-corrected chi connectivity index (χ0v) is 24.1. The van der Waals surface area contributed by atoms with Gasteiger partial charge in [-0.25, -0.2) is 0 Å². The number of benzene rings is 4. The Morgan fingerprint density at radius 2 is 1.44 bits per heavy atom. The number of rotatable bonds is 10. The van der Waals surface area contributed by atoms with Crippen LogP contribution in [0.2, 0.25) is 0 Å². The van der Waals surface area contributed by atoms with Gasteiger partial charge in [-0.05, 0) is 66.1 Å². The first-order valence-corrected chi connectivity index (χ1v) is 14.4. The minimum absolute atomic E-state index is 0.0968. The number of thioether (sulfide) groups is 1. The van der Waals surface area contributed by atoms with E-state index >= 15 is 0 Å². The zero-order chi connectivity index (χ0) is 30.0. The monoisotopic (exact) mass is 588 g/mol. The van der Waals surface area contributed by atoms with Gasteiger partial charge in [-0.2, -0.15) is 0 Å². The Hall–Kier alpha value is -5.41. The van der Waals surface area contributed by atoms with Crippen LogP contribution in [0.25, 0.3) is 17.2 Å². The van der Waals surface area contributed by atoms with E-state index in [1.165, 1.54) is 11.8 Å². The molecule has 214 valence electrons. The van der Waals surface area contributed by atoms with Crippen molar-refractivity contribution in [1.82, 2.24) is 10.5 Å². The average molecular weight is 589 g/mol. The van der Waals surface area contributed by atoms with Crippen molar-refractivity contribution in [2.24, 2.45) is 0 Å². The topological polar surface area (TPSA) is 113 Å². The van der Waals surface area contributed by atoms with E-state index in [0.717, 1.165) is 21.6 Å². The van der Waals surface area contributed by atoms with Crippen molar-refractivity contribution < 1.29 is 18.9 Å². The summed E-state index contributed by atoms with van der Waals surface area (Å²) < 4.78 is 4.95. The predicted molar refractivity (Wildman–Crippen MR) is 169 cm³/mol. The Kier molecular flexibility index (Phi) is 9.46. The van der Waals surface area contributed by atoms with Gasteiger partial charge in [0.05, 0.1) is 5.75 Å². The Labute approximate surface area is 253 Å². The molecule has 3 amide bonds. The third kappa shape index (κ3) is 8.31. The first kappa shape index (κ1) is 29.1. The first-order valence-electron chi connectivity index (χ1n) is 13.4. The summed E-state index contributed by atoms with van der Waals surface area (Å²) in [5, 5.41) is 12.1. The van der Waals surface area contributed by atoms with Crippen LogP contribution in [0, 0.1) is 6.92 Å². The molecule has 0 fully saturated rings. The lowest BCUT2D eigenvalue weighted by Crippen LogP contribution is -2.30. The number of aromatic nitrogens is 1. The van der Waals surface area contributed by atoms with Crippen molar-refractivity contribution in [2.45, 2.75) is 11.8 Å². The van der Waals surface area contributed by atoms with Gasteiger partial charge in [0, 0.05) is 22.2 Å². The highest BCUT2D eigenvalue weighted by Crippen LogP contribution is 2.22. The van der Waals surface area contributed by atoms with Crippen LogP contribution in [0.3, 0.4) is 0 Å². The second-order valence-corrected chi connectivity index (χ2v) is 10.6. The van der Waals surface area contributed by atoms with Crippen LogP contribution < -0.4 is 16.0 Å².